The summed E-state index contributed by atoms with van der Waals surface area (Å²) in [5, 5.41) is 18.7. The van der Waals surface area contributed by atoms with Gasteiger partial charge in [0.1, 0.15) is 36.1 Å². The van der Waals surface area contributed by atoms with Crippen LogP contribution in [0.1, 0.15) is 12.5 Å². The number of phosphoric acid groups is 1. The Morgan fingerprint density at radius 1 is 1.15 bits per heavy atom. The Balaban J connectivity index is 1.28. The fourth-order valence-corrected chi connectivity index (χ4v) is 5.70. The minimum Gasteiger partial charge on any atom is -0.394 e. The molecule has 0 amide bonds. The maximum atomic E-state index is 14.7. The lowest BCUT2D eigenvalue weighted by Gasteiger charge is -2.23. The molecule has 5 rings (SSSR count). The molecule has 19 nitrogen and oxygen atoms in total. The average Bonchev–Trinajstić information content (AvgIpc) is 3.53. The minimum atomic E-state index is -5.02. The van der Waals surface area contributed by atoms with E-state index in [0.29, 0.717) is 4.57 Å². The lowest BCUT2D eigenvalue weighted by molar-refractivity contribution is -0.0582. The molecular formula is C18H22ClFN9O10P. The molecule has 2 fully saturated rings. The second-order valence-electron chi connectivity index (χ2n) is 8.71. The zero-order valence-electron chi connectivity index (χ0n) is 19.9. The number of halogens is 2. The van der Waals surface area contributed by atoms with Gasteiger partial charge in [-0.05, 0) is 0 Å². The number of imidazole rings is 1. The molecule has 0 spiro atoms. The molecule has 0 saturated carbocycles. The van der Waals surface area contributed by atoms with E-state index in [1.165, 1.54) is 10.9 Å². The normalized spacial score (nSPS) is 32.0. The maximum absolute atomic E-state index is 14.7. The SMILES string of the molecule is Nc1ncn([C@@H]2O[C@H](COP(=O)(O)O[C@H]3[C@@H](Cl)[C@H](n4cnc5c(=O)[nH]c(N)nc54)O[C@@H]3CO)[C@@H](O)[C@H]2F)c(=O)n1. The van der Waals surface area contributed by atoms with Crippen LogP contribution in [0.3, 0.4) is 0 Å². The number of nitrogens with two attached hydrogens (primary N) is 2. The van der Waals surface area contributed by atoms with E-state index in [0.717, 1.165) is 6.33 Å². The van der Waals surface area contributed by atoms with Gasteiger partial charge in [0.25, 0.3) is 5.56 Å². The van der Waals surface area contributed by atoms with Gasteiger partial charge < -0.3 is 36.0 Å². The Bertz CT molecular complexity index is 1570. The Labute approximate surface area is 226 Å². The van der Waals surface area contributed by atoms with Crippen molar-refractivity contribution in [3.63, 3.8) is 0 Å². The third kappa shape index (κ3) is 5.20. The quantitative estimate of drug-likeness (QED) is 0.114. The number of H-pyrrole nitrogens is 1. The molecule has 2 saturated heterocycles. The van der Waals surface area contributed by atoms with Gasteiger partial charge in [-0.15, -0.1) is 11.6 Å². The summed E-state index contributed by atoms with van der Waals surface area (Å²) in [5.74, 6) is -0.577. The van der Waals surface area contributed by atoms with Crippen LogP contribution in [-0.2, 0) is 23.1 Å². The highest BCUT2D eigenvalue weighted by molar-refractivity contribution is 7.47. The lowest BCUT2D eigenvalue weighted by atomic mass is 10.1. The number of aromatic nitrogens is 7. The molecule has 2 aliphatic rings. The Hall–Kier alpha value is -3.07. The van der Waals surface area contributed by atoms with Crippen molar-refractivity contribution in [3.8, 4) is 0 Å². The van der Waals surface area contributed by atoms with E-state index < -0.39 is 80.7 Å². The first-order valence-electron chi connectivity index (χ1n) is 11.4. The number of nitrogens with zero attached hydrogens (tertiary/aromatic N) is 6. The van der Waals surface area contributed by atoms with Gasteiger partial charge in [0.15, 0.2) is 29.8 Å². The second kappa shape index (κ2) is 10.7. The predicted octanol–water partition coefficient (Wildman–Crippen LogP) is -2.47. The van der Waals surface area contributed by atoms with Crippen molar-refractivity contribution >= 4 is 42.5 Å². The molecule has 40 heavy (non-hydrogen) atoms. The van der Waals surface area contributed by atoms with Crippen molar-refractivity contribution in [2.45, 2.75) is 48.4 Å². The van der Waals surface area contributed by atoms with Crippen LogP contribution in [0.15, 0.2) is 22.2 Å². The first-order chi connectivity index (χ1) is 18.9. The Morgan fingerprint density at radius 3 is 2.55 bits per heavy atom. The number of aliphatic hydroxyl groups excluding tert-OH is 2. The first kappa shape index (κ1) is 28.5. The number of hydrogen-bond acceptors (Lipinski definition) is 15. The third-order valence-corrected chi connectivity index (χ3v) is 7.59. The van der Waals surface area contributed by atoms with Crippen molar-refractivity contribution in [1.82, 2.24) is 34.1 Å². The van der Waals surface area contributed by atoms with Gasteiger partial charge in [-0.1, -0.05) is 0 Å². The zero-order chi connectivity index (χ0) is 28.9. The van der Waals surface area contributed by atoms with Crippen molar-refractivity contribution < 1.29 is 42.6 Å². The van der Waals surface area contributed by atoms with Crippen molar-refractivity contribution in [2.24, 2.45) is 0 Å². The molecule has 0 aromatic carbocycles. The number of ether oxygens (including phenoxy) is 2. The minimum absolute atomic E-state index is 0.00835. The van der Waals surface area contributed by atoms with E-state index >= 15 is 0 Å². The molecule has 8 N–H and O–H groups in total. The number of hydrogen-bond donors (Lipinski definition) is 6. The summed E-state index contributed by atoms with van der Waals surface area (Å²) < 4.78 is 50.4. The molecule has 9 atom stereocenters. The first-order valence-corrected chi connectivity index (χ1v) is 13.3. The smallest absolute Gasteiger partial charge is 0.394 e. The van der Waals surface area contributed by atoms with Gasteiger partial charge in [0.2, 0.25) is 11.9 Å². The summed E-state index contributed by atoms with van der Waals surface area (Å²) in [7, 11) is -5.02. The van der Waals surface area contributed by atoms with Gasteiger partial charge in [-0.2, -0.15) is 9.97 Å². The van der Waals surface area contributed by atoms with Gasteiger partial charge in [-0.25, -0.2) is 23.7 Å². The fourth-order valence-electron chi connectivity index (χ4n) is 4.27. The highest BCUT2D eigenvalue weighted by Gasteiger charge is 2.50. The Morgan fingerprint density at radius 2 is 1.85 bits per heavy atom. The monoisotopic (exact) mass is 609 g/mol. The molecule has 3 aromatic heterocycles. The van der Waals surface area contributed by atoms with Gasteiger partial charge >= 0.3 is 13.5 Å². The molecule has 1 unspecified atom stereocenters. The summed E-state index contributed by atoms with van der Waals surface area (Å²) in [4.78, 5) is 51.6. The van der Waals surface area contributed by atoms with E-state index in [1.807, 2.05) is 0 Å². The average molecular weight is 610 g/mol. The highest BCUT2D eigenvalue weighted by Crippen LogP contribution is 2.50. The number of nitrogen functional groups attached to an aromatic ring is 2. The van der Waals surface area contributed by atoms with Crippen LogP contribution in [-0.4, -0.2) is 98.3 Å². The van der Waals surface area contributed by atoms with Gasteiger partial charge in [-0.3, -0.25) is 28.0 Å². The number of aliphatic hydroxyl groups is 2. The molecule has 0 bridgehead atoms. The zero-order valence-corrected chi connectivity index (χ0v) is 21.6. The lowest BCUT2D eigenvalue weighted by Crippen LogP contribution is -2.34. The summed E-state index contributed by atoms with van der Waals surface area (Å²) in [6, 6.07) is 0. The molecular weight excluding hydrogens is 588 g/mol. The number of nitrogens with one attached hydrogen (secondary N) is 1. The molecule has 218 valence electrons. The van der Waals surface area contributed by atoms with E-state index in [4.69, 9.17) is 41.6 Å². The van der Waals surface area contributed by atoms with Crippen LogP contribution in [0, 0.1) is 0 Å². The summed E-state index contributed by atoms with van der Waals surface area (Å²) in [5.41, 5.74) is 9.17. The molecule has 0 aliphatic carbocycles. The second-order valence-corrected chi connectivity index (χ2v) is 10.6. The Kier molecular flexibility index (Phi) is 7.63. The molecule has 22 heteroatoms. The molecule has 3 aromatic rings. The van der Waals surface area contributed by atoms with Crippen LogP contribution in [0.2, 0.25) is 0 Å². The number of aromatic amines is 1. The summed E-state index contributed by atoms with van der Waals surface area (Å²) >= 11 is 6.47. The van der Waals surface area contributed by atoms with Gasteiger partial charge in [0, 0.05) is 0 Å². The summed E-state index contributed by atoms with van der Waals surface area (Å²) in [6.07, 6.45) is -9.07. The predicted molar refractivity (Wildman–Crippen MR) is 129 cm³/mol. The van der Waals surface area contributed by atoms with Crippen molar-refractivity contribution in [1.29, 1.82) is 0 Å². The van der Waals surface area contributed by atoms with Crippen LogP contribution in [0.25, 0.3) is 11.2 Å². The van der Waals surface area contributed by atoms with Gasteiger partial charge in [0.05, 0.1) is 19.5 Å². The van der Waals surface area contributed by atoms with E-state index in [9.17, 15) is 33.7 Å². The molecule has 2 aliphatic heterocycles. The van der Waals surface area contributed by atoms with Crippen molar-refractivity contribution in [2.75, 3.05) is 24.7 Å². The van der Waals surface area contributed by atoms with E-state index in [2.05, 4.69) is 24.9 Å². The topological polar surface area (TPSA) is 278 Å². The molecule has 0 radical (unpaired) electrons. The van der Waals surface area contributed by atoms with Crippen molar-refractivity contribution in [3.05, 3.63) is 33.5 Å². The number of alkyl halides is 2. The van der Waals surface area contributed by atoms with E-state index in [-0.39, 0.29) is 23.1 Å². The number of phosphoric ester groups is 1. The molecule has 5 heterocycles. The van der Waals surface area contributed by atoms with E-state index in [1.54, 1.807) is 0 Å². The third-order valence-electron chi connectivity index (χ3n) is 6.14. The largest absolute Gasteiger partial charge is 0.472 e. The number of rotatable bonds is 8. The van der Waals surface area contributed by atoms with Crippen LogP contribution >= 0.6 is 19.4 Å². The highest BCUT2D eigenvalue weighted by atomic mass is 35.5. The van der Waals surface area contributed by atoms with Crippen LogP contribution in [0.4, 0.5) is 16.3 Å². The summed E-state index contributed by atoms with van der Waals surface area (Å²) in [6.45, 7) is -1.57. The van der Waals surface area contributed by atoms with Crippen LogP contribution < -0.4 is 22.7 Å². The number of anilines is 2. The fraction of sp³-hybridized carbons (Fsp3) is 0.556. The van der Waals surface area contributed by atoms with Crippen LogP contribution in [0.5, 0.6) is 0 Å². The maximum Gasteiger partial charge on any atom is 0.472 e. The standard InChI is InChI=1S/C18H22ClFN9O10P/c19-7-11(5(1-30)37-14(7)28-3-23-9-12(28)25-17(22)26-13(9)32)39-40(34,35)36-2-6-10(31)8(20)15(38-6)29-4-24-16(21)27-18(29)33/h3-8,10-11,14-15,30-31H,1-2H2,(H,34,35)(H2,21,27,33)(H3,22,25,26,32)/t5-,6-,7-,8-,10-,11-,14-,15-/m1/s1. The number of fused-ring (bicyclic) bond motifs is 1.